The standard InChI is InChI=1S/C21H24FN3O2S/c1-3-25(11-13-8-9-16(27-2)15(22)10-13)12-18-23-20(26)19-14-6-4-5-7-17(14)28-21(19)24-18/h8-10H,3-7,11-12H2,1-2H3,(H,23,24,26). The summed E-state index contributed by atoms with van der Waals surface area (Å²) in [5, 5.41) is 0.781. The van der Waals surface area contributed by atoms with E-state index < -0.39 is 0 Å². The van der Waals surface area contributed by atoms with Gasteiger partial charge in [0, 0.05) is 11.4 Å². The van der Waals surface area contributed by atoms with E-state index in [1.807, 2.05) is 13.0 Å². The molecule has 0 bridgehead atoms. The third-order valence-corrected chi connectivity index (χ3v) is 6.50. The maximum atomic E-state index is 14.0. The molecule has 0 radical (unpaired) electrons. The molecule has 1 aliphatic carbocycles. The molecule has 3 aromatic rings. The van der Waals surface area contributed by atoms with Gasteiger partial charge in [-0.1, -0.05) is 13.0 Å². The lowest BCUT2D eigenvalue weighted by atomic mass is 9.97. The molecule has 2 aromatic heterocycles. The van der Waals surface area contributed by atoms with Gasteiger partial charge < -0.3 is 9.72 Å². The summed E-state index contributed by atoms with van der Waals surface area (Å²) in [6, 6.07) is 4.99. The van der Waals surface area contributed by atoms with Crippen LogP contribution < -0.4 is 10.3 Å². The number of aryl methyl sites for hydroxylation is 2. The zero-order valence-corrected chi connectivity index (χ0v) is 17.0. The molecular formula is C21H24FN3O2S. The molecular weight excluding hydrogens is 377 g/mol. The van der Waals surface area contributed by atoms with Crippen molar-refractivity contribution in [3.8, 4) is 5.75 Å². The number of hydrogen-bond acceptors (Lipinski definition) is 5. The number of halogens is 1. The summed E-state index contributed by atoms with van der Waals surface area (Å²) in [5.41, 5.74) is 2.02. The van der Waals surface area contributed by atoms with Gasteiger partial charge in [0.15, 0.2) is 11.6 Å². The van der Waals surface area contributed by atoms with Gasteiger partial charge in [-0.15, -0.1) is 11.3 Å². The first kappa shape index (κ1) is 19.1. The van der Waals surface area contributed by atoms with E-state index in [4.69, 9.17) is 9.72 Å². The molecule has 7 heteroatoms. The van der Waals surface area contributed by atoms with Gasteiger partial charge in [-0.25, -0.2) is 9.37 Å². The van der Waals surface area contributed by atoms with Crippen molar-refractivity contribution in [2.24, 2.45) is 0 Å². The molecule has 0 unspecified atom stereocenters. The summed E-state index contributed by atoms with van der Waals surface area (Å²) in [7, 11) is 1.46. The van der Waals surface area contributed by atoms with Gasteiger partial charge in [0.1, 0.15) is 10.7 Å². The van der Waals surface area contributed by atoms with E-state index in [1.165, 1.54) is 30.0 Å². The van der Waals surface area contributed by atoms with Gasteiger partial charge in [-0.2, -0.15) is 0 Å². The summed E-state index contributed by atoms with van der Waals surface area (Å²) in [5.74, 6) is 0.532. The molecule has 1 aliphatic rings. The Labute approximate surface area is 167 Å². The third kappa shape index (κ3) is 3.69. The van der Waals surface area contributed by atoms with Crippen LogP contribution in [0.4, 0.5) is 4.39 Å². The van der Waals surface area contributed by atoms with Gasteiger partial charge in [0.25, 0.3) is 5.56 Å². The minimum absolute atomic E-state index is 0.0362. The Bertz CT molecular complexity index is 1060. The van der Waals surface area contributed by atoms with E-state index in [-0.39, 0.29) is 17.1 Å². The predicted molar refractivity (Wildman–Crippen MR) is 110 cm³/mol. The van der Waals surface area contributed by atoms with Crippen LogP contribution in [0.2, 0.25) is 0 Å². The Morgan fingerprint density at radius 3 is 2.86 bits per heavy atom. The number of aromatic nitrogens is 2. The third-order valence-electron chi connectivity index (χ3n) is 5.32. The first-order chi connectivity index (χ1) is 13.6. The Kier molecular flexibility index (Phi) is 5.46. The molecule has 0 atom stereocenters. The summed E-state index contributed by atoms with van der Waals surface area (Å²) < 4.78 is 18.9. The average Bonchev–Trinajstić information content (AvgIpc) is 3.06. The fraction of sp³-hybridized carbons (Fsp3) is 0.429. The number of hydrogen-bond donors (Lipinski definition) is 1. The van der Waals surface area contributed by atoms with Crippen LogP contribution in [0.15, 0.2) is 23.0 Å². The molecule has 0 spiro atoms. The number of H-pyrrole nitrogens is 1. The highest BCUT2D eigenvalue weighted by Gasteiger charge is 2.20. The first-order valence-corrected chi connectivity index (χ1v) is 10.5. The van der Waals surface area contributed by atoms with Crippen molar-refractivity contribution < 1.29 is 9.13 Å². The maximum absolute atomic E-state index is 14.0. The van der Waals surface area contributed by atoms with Crippen molar-refractivity contribution in [3.63, 3.8) is 0 Å². The molecule has 0 aliphatic heterocycles. The Morgan fingerprint density at radius 1 is 1.29 bits per heavy atom. The lowest BCUT2D eigenvalue weighted by Gasteiger charge is -2.20. The Morgan fingerprint density at radius 2 is 2.11 bits per heavy atom. The van der Waals surface area contributed by atoms with E-state index >= 15 is 0 Å². The van der Waals surface area contributed by atoms with Crippen LogP contribution in [0.3, 0.4) is 0 Å². The molecule has 5 nitrogen and oxygen atoms in total. The smallest absolute Gasteiger partial charge is 0.259 e. The quantitative estimate of drug-likeness (QED) is 0.677. The molecule has 1 N–H and O–H groups in total. The maximum Gasteiger partial charge on any atom is 0.259 e. The van der Waals surface area contributed by atoms with E-state index in [2.05, 4.69) is 9.88 Å². The molecule has 0 saturated carbocycles. The highest BCUT2D eigenvalue weighted by Crippen LogP contribution is 2.33. The van der Waals surface area contributed by atoms with Gasteiger partial charge >= 0.3 is 0 Å². The molecule has 0 fully saturated rings. The largest absolute Gasteiger partial charge is 0.494 e. The first-order valence-electron chi connectivity index (χ1n) is 9.67. The number of ether oxygens (including phenoxy) is 1. The molecule has 28 heavy (non-hydrogen) atoms. The number of rotatable bonds is 6. The zero-order chi connectivity index (χ0) is 19.7. The monoisotopic (exact) mass is 401 g/mol. The normalized spacial score (nSPS) is 13.9. The van der Waals surface area contributed by atoms with Crippen molar-refractivity contribution in [2.45, 2.75) is 45.7 Å². The van der Waals surface area contributed by atoms with Crippen molar-refractivity contribution >= 4 is 21.6 Å². The number of nitrogens with one attached hydrogen (secondary N) is 1. The lowest BCUT2D eigenvalue weighted by molar-refractivity contribution is 0.264. The molecule has 4 rings (SSSR count). The number of aromatic amines is 1. The fourth-order valence-electron chi connectivity index (χ4n) is 3.84. The van der Waals surface area contributed by atoms with Crippen molar-refractivity contribution in [1.29, 1.82) is 0 Å². The van der Waals surface area contributed by atoms with Crippen LogP contribution in [0.25, 0.3) is 10.2 Å². The predicted octanol–water partition coefficient (Wildman–Crippen LogP) is 4.03. The molecule has 2 heterocycles. The molecule has 0 saturated heterocycles. The Hall–Kier alpha value is -2.25. The summed E-state index contributed by atoms with van der Waals surface area (Å²) in [4.78, 5) is 24.7. The summed E-state index contributed by atoms with van der Waals surface area (Å²) in [6.07, 6.45) is 4.35. The summed E-state index contributed by atoms with van der Waals surface area (Å²) in [6.45, 7) is 3.88. The van der Waals surface area contributed by atoms with Crippen molar-refractivity contribution in [1.82, 2.24) is 14.9 Å². The second-order valence-corrected chi connectivity index (χ2v) is 8.26. The van der Waals surface area contributed by atoms with Crippen LogP contribution in [0.5, 0.6) is 5.75 Å². The Balaban J connectivity index is 1.57. The van der Waals surface area contributed by atoms with Crippen LogP contribution in [0, 0.1) is 5.82 Å². The molecule has 1 aromatic carbocycles. The van der Waals surface area contributed by atoms with E-state index in [0.29, 0.717) is 18.9 Å². The highest BCUT2D eigenvalue weighted by atomic mass is 32.1. The van der Waals surface area contributed by atoms with Crippen molar-refractivity contribution in [2.75, 3.05) is 13.7 Å². The molecule has 148 valence electrons. The van der Waals surface area contributed by atoms with Gasteiger partial charge in [0.2, 0.25) is 0 Å². The molecule has 0 amide bonds. The second kappa shape index (κ2) is 8.01. The average molecular weight is 402 g/mol. The van der Waals surface area contributed by atoms with E-state index in [0.717, 1.165) is 41.6 Å². The number of nitrogens with zero attached hydrogens (tertiary/aromatic N) is 2. The van der Waals surface area contributed by atoms with Gasteiger partial charge in [-0.05, 0) is 55.5 Å². The SMILES string of the molecule is CCN(Cc1ccc(OC)c(F)c1)Cc1nc2sc3c(c2c(=O)[nH]1)CCCC3. The minimum atomic E-state index is -0.367. The summed E-state index contributed by atoms with van der Waals surface area (Å²) >= 11 is 1.66. The second-order valence-electron chi connectivity index (χ2n) is 7.18. The van der Waals surface area contributed by atoms with Gasteiger partial charge in [0.05, 0.1) is 19.0 Å². The van der Waals surface area contributed by atoms with E-state index in [9.17, 15) is 9.18 Å². The fourth-order valence-corrected chi connectivity index (χ4v) is 5.12. The number of benzene rings is 1. The van der Waals surface area contributed by atoms with Gasteiger partial charge in [-0.3, -0.25) is 9.69 Å². The van der Waals surface area contributed by atoms with Crippen LogP contribution in [0.1, 0.15) is 41.6 Å². The van der Waals surface area contributed by atoms with Crippen molar-refractivity contribution in [3.05, 3.63) is 56.2 Å². The van der Waals surface area contributed by atoms with Crippen LogP contribution in [-0.2, 0) is 25.9 Å². The van der Waals surface area contributed by atoms with Crippen LogP contribution in [-0.4, -0.2) is 28.5 Å². The number of fused-ring (bicyclic) bond motifs is 3. The van der Waals surface area contributed by atoms with Crippen LogP contribution >= 0.6 is 11.3 Å². The topological polar surface area (TPSA) is 58.2 Å². The highest BCUT2D eigenvalue weighted by molar-refractivity contribution is 7.18. The number of methoxy groups -OCH3 is 1. The minimum Gasteiger partial charge on any atom is -0.494 e. The zero-order valence-electron chi connectivity index (χ0n) is 16.2. The number of thiophene rings is 1. The lowest BCUT2D eigenvalue weighted by Crippen LogP contribution is -2.25. The van der Waals surface area contributed by atoms with E-state index in [1.54, 1.807) is 17.4 Å².